The normalized spacial score (nSPS) is 11.4. The van der Waals surface area contributed by atoms with Crippen molar-refractivity contribution in [2.45, 2.75) is 0 Å². The van der Waals surface area contributed by atoms with Crippen LogP contribution in [0.25, 0.3) is 58.8 Å². The third-order valence-electron chi connectivity index (χ3n) is 11.1. The summed E-state index contributed by atoms with van der Waals surface area (Å²) in [5.41, 5.74) is 12.7. The maximum absolute atomic E-state index is 2.43. The van der Waals surface area contributed by atoms with Gasteiger partial charge in [0.2, 0.25) is 0 Å². The number of aromatic nitrogens is 1. The van der Waals surface area contributed by atoms with Gasteiger partial charge in [0.1, 0.15) is 0 Å². The maximum Gasteiger partial charge on any atom is 0.0548 e. The van der Waals surface area contributed by atoms with E-state index < -0.39 is 0 Å². The first kappa shape index (κ1) is 33.9. The number of hydrogen-bond acceptors (Lipinski definition) is 3. The molecule has 0 radical (unpaired) electrons. The zero-order chi connectivity index (χ0) is 38.4. The molecule has 0 bridgehead atoms. The van der Waals surface area contributed by atoms with Crippen LogP contribution in [0.4, 0.5) is 34.1 Å². The molecule has 0 unspecified atom stereocenters. The highest BCUT2D eigenvalue weighted by molar-refractivity contribution is 7.25. The molecule has 0 amide bonds. The Labute approximate surface area is 341 Å². The highest BCUT2D eigenvalue weighted by Crippen LogP contribution is 2.44. The van der Waals surface area contributed by atoms with Gasteiger partial charge in [-0.25, -0.2) is 0 Å². The molecular formula is C54H37N3S. The molecule has 0 fully saturated rings. The van der Waals surface area contributed by atoms with E-state index in [9.17, 15) is 0 Å². The first-order valence-electron chi connectivity index (χ1n) is 19.7. The average Bonchev–Trinajstić information content (AvgIpc) is 3.81. The number of benzene rings is 9. The number of fused-ring (bicyclic) bond motifs is 6. The van der Waals surface area contributed by atoms with Gasteiger partial charge >= 0.3 is 0 Å². The fourth-order valence-electron chi connectivity index (χ4n) is 8.46. The van der Waals surface area contributed by atoms with Crippen molar-refractivity contribution in [1.29, 1.82) is 0 Å². The predicted octanol–water partition coefficient (Wildman–Crippen LogP) is 15.8. The minimum absolute atomic E-state index is 1.12. The van der Waals surface area contributed by atoms with Gasteiger partial charge in [0.05, 0.1) is 11.0 Å². The maximum atomic E-state index is 2.43. The highest BCUT2D eigenvalue weighted by Gasteiger charge is 2.19. The molecule has 2 aromatic heterocycles. The number of anilines is 6. The fourth-order valence-corrected chi connectivity index (χ4v) is 9.56. The number of nitrogens with zero attached hydrogens (tertiary/aromatic N) is 3. The summed E-state index contributed by atoms with van der Waals surface area (Å²) in [7, 11) is 0. The van der Waals surface area contributed by atoms with Crippen LogP contribution in [0.1, 0.15) is 0 Å². The molecule has 9 aromatic carbocycles. The summed E-state index contributed by atoms with van der Waals surface area (Å²) in [5.74, 6) is 0. The van der Waals surface area contributed by atoms with E-state index in [4.69, 9.17) is 0 Å². The molecule has 0 aliphatic heterocycles. The van der Waals surface area contributed by atoms with Crippen molar-refractivity contribution < 1.29 is 0 Å². The first-order valence-corrected chi connectivity index (χ1v) is 20.5. The molecule has 0 aliphatic carbocycles. The Bertz CT molecular complexity index is 3110. The Morgan fingerprint density at radius 3 is 1.31 bits per heavy atom. The van der Waals surface area contributed by atoms with Crippen molar-refractivity contribution in [1.82, 2.24) is 4.57 Å². The van der Waals surface area contributed by atoms with E-state index in [-0.39, 0.29) is 0 Å². The van der Waals surface area contributed by atoms with E-state index in [0.717, 1.165) is 39.8 Å². The van der Waals surface area contributed by atoms with E-state index in [1.807, 2.05) is 11.3 Å². The monoisotopic (exact) mass is 759 g/mol. The second-order valence-corrected chi connectivity index (χ2v) is 15.7. The molecule has 58 heavy (non-hydrogen) atoms. The smallest absolute Gasteiger partial charge is 0.0548 e. The summed E-state index contributed by atoms with van der Waals surface area (Å²) < 4.78 is 5.00. The van der Waals surface area contributed by atoms with E-state index in [1.165, 1.54) is 53.1 Å². The van der Waals surface area contributed by atoms with Gasteiger partial charge < -0.3 is 14.4 Å². The van der Waals surface area contributed by atoms with Gasteiger partial charge in [-0.1, -0.05) is 109 Å². The lowest BCUT2D eigenvalue weighted by molar-refractivity contribution is 1.18. The number of rotatable bonds is 8. The summed E-state index contributed by atoms with van der Waals surface area (Å²) in [4.78, 5) is 4.65. The SMILES string of the molecule is c1ccc(N(c2ccccc2)c2ccc(-c3ccc4c(c3)c3cc5sc6ccc(N(c7ccccc7)c7ccccc7)cc6c5cc3n4-c3ccccc3)cc2)cc1. The van der Waals surface area contributed by atoms with Crippen LogP contribution in [-0.2, 0) is 0 Å². The minimum atomic E-state index is 1.12. The summed E-state index contributed by atoms with van der Waals surface area (Å²) >= 11 is 1.87. The molecule has 4 heteroatoms. The van der Waals surface area contributed by atoms with E-state index in [2.05, 4.69) is 239 Å². The molecule has 0 spiro atoms. The second-order valence-electron chi connectivity index (χ2n) is 14.6. The standard InChI is InChI=1S/C54H37N3S/c1-6-16-40(17-7-1)55(41-18-8-2-9-19-41)45-29-26-38(27-30-45)39-28-32-51-47(34-39)48-37-54-50(36-52(48)57(51)44-24-14-5-15-25-44)49-35-46(31-33-53(49)58-54)56(42-20-10-3-11-21-42)43-22-12-4-13-23-43/h1-37H. The van der Waals surface area contributed by atoms with Crippen molar-refractivity contribution in [3.8, 4) is 16.8 Å². The quantitative estimate of drug-likeness (QED) is 0.153. The Morgan fingerprint density at radius 1 is 0.293 bits per heavy atom. The van der Waals surface area contributed by atoms with Gasteiger partial charge in [0.15, 0.2) is 0 Å². The second kappa shape index (κ2) is 14.3. The van der Waals surface area contributed by atoms with Crippen LogP contribution < -0.4 is 9.80 Å². The molecule has 11 aromatic rings. The fraction of sp³-hybridized carbons (Fsp3) is 0. The van der Waals surface area contributed by atoms with Gasteiger partial charge in [-0.05, 0) is 126 Å². The lowest BCUT2D eigenvalue weighted by atomic mass is 10.0. The van der Waals surface area contributed by atoms with Crippen LogP contribution in [0.5, 0.6) is 0 Å². The van der Waals surface area contributed by atoms with Gasteiger partial charge in [-0.3, -0.25) is 0 Å². The Balaban J connectivity index is 1.06. The Morgan fingerprint density at radius 2 is 0.741 bits per heavy atom. The van der Waals surface area contributed by atoms with Gasteiger partial charge in [0.25, 0.3) is 0 Å². The van der Waals surface area contributed by atoms with Gasteiger partial charge in [0, 0.05) is 70.8 Å². The number of thiophene rings is 1. The molecule has 0 atom stereocenters. The lowest BCUT2D eigenvalue weighted by Gasteiger charge is -2.25. The van der Waals surface area contributed by atoms with Crippen molar-refractivity contribution in [3.63, 3.8) is 0 Å². The van der Waals surface area contributed by atoms with Crippen LogP contribution in [-0.4, -0.2) is 4.57 Å². The summed E-state index contributed by atoms with van der Waals surface area (Å²) in [6, 6.07) is 80.9. The van der Waals surface area contributed by atoms with Crippen LogP contribution in [0.3, 0.4) is 0 Å². The largest absolute Gasteiger partial charge is 0.311 e. The van der Waals surface area contributed by atoms with Crippen LogP contribution in [0, 0.1) is 0 Å². The predicted molar refractivity (Wildman–Crippen MR) is 248 cm³/mol. The molecule has 0 N–H and O–H groups in total. The summed E-state index contributed by atoms with van der Waals surface area (Å²) in [6.07, 6.45) is 0. The van der Waals surface area contributed by atoms with E-state index in [0.29, 0.717) is 0 Å². The molecule has 0 saturated carbocycles. The molecule has 3 nitrogen and oxygen atoms in total. The lowest BCUT2D eigenvalue weighted by Crippen LogP contribution is -2.09. The van der Waals surface area contributed by atoms with Crippen LogP contribution >= 0.6 is 11.3 Å². The van der Waals surface area contributed by atoms with Gasteiger partial charge in [-0.15, -0.1) is 11.3 Å². The number of hydrogen-bond donors (Lipinski definition) is 0. The first-order chi connectivity index (χ1) is 28.8. The van der Waals surface area contributed by atoms with Crippen molar-refractivity contribution in [2.24, 2.45) is 0 Å². The third kappa shape index (κ3) is 5.90. The summed E-state index contributed by atoms with van der Waals surface area (Å²) in [5, 5.41) is 5.04. The topological polar surface area (TPSA) is 11.4 Å². The minimum Gasteiger partial charge on any atom is -0.311 e. The molecule has 0 saturated heterocycles. The summed E-state index contributed by atoms with van der Waals surface area (Å²) in [6.45, 7) is 0. The van der Waals surface area contributed by atoms with E-state index in [1.54, 1.807) is 0 Å². The van der Waals surface area contributed by atoms with Crippen LogP contribution in [0.2, 0.25) is 0 Å². The molecule has 2 heterocycles. The molecule has 11 rings (SSSR count). The average molecular weight is 760 g/mol. The number of para-hydroxylation sites is 5. The molecule has 274 valence electrons. The highest BCUT2D eigenvalue weighted by atomic mass is 32.1. The van der Waals surface area contributed by atoms with Crippen molar-refractivity contribution in [2.75, 3.05) is 9.80 Å². The third-order valence-corrected chi connectivity index (χ3v) is 12.3. The molecule has 0 aliphatic rings. The Kier molecular flexibility index (Phi) is 8.34. The zero-order valence-electron chi connectivity index (χ0n) is 31.6. The Hall–Kier alpha value is -7.40. The van der Waals surface area contributed by atoms with Crippen LogP contribution in [0.15, 0.2) is 224 Å². The zero-order valence-corrected chi connectivity index (χ0v) is 32.4. The molecular weight excluding hydrogens is 723 g/mol. The van der Waals surface area contributed by atoms with Crippen molar-refractivity contribution in [3.05, 3.63) is 224 Å². The van der Waals surface area contributed by atoms with Crippen molar-refractivity contribution >= 4 is 87.4 Å². The van der Waals surface area contributed by atoms with E-state index >= 15 is 0 Å². The van der Waals surface area contributed by atoms with Gasteiger partial charge in [-0.2, -0.15) is 0 Å².